The predicted molar refractivity (Wildman–Crippen MR) is 77.1 cm³/mol. The van der Waals surface area contributed by atoms with Crippen LogP contribution in [0.3, 0.4) is 0 Å². The Morgan fingerprint density at radius 2 is 2.04 bits per heavy atom. The molecular formula is C15H12F2N4O2. The second-order valence-corrected chi connectivity index (χ2v) is 4.72. The first-order valence-electron chi connectivity index (χ1n) is 6.69. The first-order chi connectivity index (χ1) is 11.1. The Morgan fingerprint density at radius 1 is 1.30 bits per heavy atom. The van der Waals surface area contributed by atoms with E-state index in [9.17, 15) is 13.6 Å². The van der Waals surface area contributed by atoms with E-state index >= 15 is 0 Å². The van der Waals surface area contributed by atoms with Gasteiger partial charge in [-0.2, -0.15) is 14.8 Å². The molecule has 2 heterocycles. The van der Waals surface area contributed by atoms with Gasteiger partial charge in [0.1, 0.15) is 0 Å². The number of ether oxygens (including phenoxy) is 1. The molecule has 0 saturated heterocycles. The molecule has 0 aliphatic rings. The minimum Gasteiger partial charge on any atom is -0.491 e. The number of benzene rings is 1. The maximum absolute atomic E-state index is 13.6. The summed E-state index contributed by atoms with van der Waals surface area (Å²) in [5, 5.41) is 10.6. The lowest BCUT2D eigenvalue weighted by molar-refractivity contribution is 0.0950. The Kier molecular flexibility index (Phi) is 3.88. The molecule has 0 saturated carbocycles. The first-order valence-corrected chi connectivity index (χ1v) is 6.69. The van der Waals surface area contributed by atoms with Crippen molar-refractivity contribution in [2.75, 3.05) is 7.11 Å². The van der Waals surface area contributed by atoms with E-state index in [1.165, 1.54) is 4.63 Å². The Hall–Kier alpha value is -3.03. The number of nitrogens with one attached hydrogen (secondary N) is 1. The maximum Gasteiger partial charge on any atom is 0.251 e. The van der Waals surface area contributed by atoms with Crippen LogP contribution in [0.15, 0.2) is 36.7 Å². The molecule has 0 unspecified atom stereocenters. The van der Waals surface area contributed by atoms with Gasteiger partial charge >= 0.3 is 0 Å². The van der Waals surface area contributed by atoms with Gasteiger partial charge in [-0.05, 0) is 24.3 Å². The molecule has 8 heteroatoms. The average molecular weight is 318 g/mol. The minimum atomic E-state index is -0.933. The van der Waals surface area contributed by atoms with Crippen LogP contribution in [-0.4, -0.2) is 27.8 Å². The molecule has 0 aliphatic carbocycles. The lowest BCUT2D eigenvalue weighted by atomic mass is 10.1. The van der Waals surface area contributed by atoms with E-state index in [-0.39, 0.29) is 12.1 Å². The number of carbonyl (C=O) groups is 1. The second-order valence-electron chi connectivity index (χ2n) is 4.72. The molecule has 1 amide bonds. The average Bonchev–Trinajstić information content (AvgIpc) is 2.95. The van der Waals surface area contributed by atoms with Crippen molar-refractivity contribution >= 4 is 11.4 Å². The summed E-state index contributed by atoms with van der Waals surface area (Å²) in [6.45, 7) is 0.156. The molecule has 118 valence electrons. The third-order valence-corrected chi connectivity index (χ3v) is 3.29. The van der Waals surface area contributed by atoms with Crippen molar-refractivity contribution in [2.24, 2.45) is 0 Å². The highest BCUT2D eigenvalue weighted by molar-refractivity contribution is 5.94. The number of nitrogens with zero attached hydrogens (tertiary/aromatic N) is 3. The zero-order valence-electron chi connectivity index (χ0n) is 12.1. The van der Waals surface area contributed by atoms with E-state index in [2.05, 4.69) is 20.3 Å². The molecule has 1 N–H and O–H groups in total. The summed E-state index contributed by atoms with van der Waals surface area (Å²) >= 11 is 0. The van der Waals surface area contributed by atoms with E-state index in [1.54, 1.807) is 24.5 Å². The Balaban J connectivity index is 1.77. The van der Waals surface area contributed by atoms with Crippen LogP contribution in [-0.2, 0) is 6.54 Å². The quantitative estimate of drug-likeness (QED) is 0.798. The van der Waals surface area contributed by atoms with Gasteiger partial charge in [-0.3, -0.25) is 4.79 Å². The molecule has 2 aromatic heterocycles. The second kappa shape index (κ2) is 5.99. The molecule has 0 bridgehead atoms. The standard InChI is InChI=1S/C15H12F2N4O2/c1-23-14-11(16)5-9(6-12(14)17)15(22)18-7-10-8-20-21-13(10)3-2-4-19-21/h2-6,8H,7H2,1H3,(H,18,22). The zero-order chi connectivity index (χ0) is 16.4. The molecule has 0 aliphatic heterocycles. The number of hydrogen-bond donors (Lipinski definition) is 1. The number of carbonyl (C=O) groups excluding carboxylic acids is 1. The number of amides is 1. The van der Waals surface area contributed by atoms with Crippen LogP contribution >= 0.6 is 0 Å². The number of methoxy groups -OCH3 is 1. The van der Waals surface area contributed by atoms with E-state index in [0.29, 0.717) is 0 Å². The number of halogens is 2. The van der Waals surface area contributed by atoms with E-state index < -0.39 is 23.3 Å². The van der Waals surface area contributed by atoms with Crippen molar-refractivity contribution in [1.82, 2.24) is 20.1 Å². The van der Waals surface area contributed by atoms with Gasteiger partial charge in [-0.15, -0.1) is 0 Å². The first kappa shape index (κ1) is 14.9. The zero-order valence-corrected chi connectivity index (χ0v) is 12.1. The predicted octanol–water partition coefficient (Wildman–Crippen LogP) is 1.95. The fourth-order valence-corrected chi connectivity index (χ4v) is 2.18. The molecule has 0 fully saturated rings. The minimum absolute atomic E-state index is 0.129. The number of fused-ring (bicyclic) bond motifs is 1. The van der Waals surface area contributed by atoms with Crippen molar-refractivity contribution in [3.8, 4) is 5.75 Å². The fourth-order valence-electron chi connectivity index (χ4n) is 2.18. The van der Waals surface area contributed by atoms with Gasteiger partial charge in [-0.1, -0.05) is 0 Å². The van der Waals surface area contributed by atoms with E-state index in [0.717, 1.165) is 30.3 Å². The highest BCUT2D eigenvalue weighted by Gasteiger charge is 2.16. The summed E-state index contributed by atoms with van der Waals surface area (Å²) in [4.78, 5) is 12.1. The highest BCUT2D eigenvalue weighted by atomic mass is 19.1. The van der Waals surface area contributed by atoms with Gasteiger partial charge in [-0.25, -0.2) is 8.78 Å². The summed E-state index contributed by atoms with van der Waals surface area (Å²) in [6, 6.07) is 5.40. The molecule has 3 rings (SSSR count). The van der Waals surface area contributed by atoms with E-state index in [1.807, 2.05) is 0 Å². The summed E-state index contributed by atoms with van der Waals surface area (Å²) < 4.78 is 33.3. The molecule has 1 aromatic carbocycles. The smallest absolute Gasteiger partial charge is 0.251 e. The van der Waals surface area contributed by atoms with Crippen molar-refractivity contribution in [3.05, 3.63) is 59.4 Å². The SMILES string of the molecule is COc1c(F)cc(C(=O)NCc2cnn3ncccc23)cc1F. The molecule has 0 atom stereocenters. The summed E-state index contributed by atoms with van der Waals surface area (Å²) in [5.74, 6) is -2.99. The Bertz CT molecular complexity index is 856. The van der Waals surface area contributed by atoms with Gasteiger partial charge in [0.05, 0.1) is 18.8 Å². The van der Waals surface area contributed by atoms with Crippen LogP contribution < -0.4 is 10.1 Å². The van der Waals surface area contributed by atoms with Gasteiger partial charge in [0.25, 0.3) is 5.91 Å². The van der Waals surface area contributed by atoms with Crippen molar-refractivity contribution in [1.29, 1.82) is 0 Å². The number of aromatic nitrogens is 3. The topological polar surface area (TPSA) is 68.5 Å². The Morgan fingerprint density at radius 3 is 2.74 bits per heavy atom. The Labute approximate surface area is 129 Å². The third-order valence-electron chi connectivity index (χ3n) is 3.29. The monoisotopic (exact) mass is 318 g/mol. The fraction of sp³-hybridized carbons (Fsp3) is 0.133. The largest absolute Gasteiger partial charge is 0.491 e. The van der Waals surface area contributed by atoms with Crippen LogP contribution in [0, 0.1) is 11.6 Å². The van der Waals surface area contributed by atoms with Crippen molar-refractivity contribution in [3.63, 3.8) is 0 Å². The molecule has 6 nitrogen and oxygen atoms in total. The van der Waals surface area contributed by atoms with Gasteiger partial charge in [0.2, 0.25) is 0 Å². The number of hydrogen-bond acceptors (Lipinski definition) is 4. The van der Waals surface area contributed by atoms with Crippen molar-refractivity contribution < 1.29 is 18.3 Å². The van der Waals surface area contributed by atoms with Gasteiger partial charge < -0.3 is 10.1 Å². The normalized spacial score (nSPS) is 10.7. The third kappa shape index (κ3) is 2.83. The summed E-state index contributed by atoms with van der Waals surface area (Å²) in [6.07, 6.45) is 3.16. The number of rotatable bonds is 4. The lowest BCUT2D eigenvalue weighted by Crippen LogP contribution is -2.23. The molecular weight excluding hydrogens is 306 g/mol. The summed E-state index contributed by atoms with van der Waals surface area (Å²) in [7, 11) is 1.15. The van der Waals surface area contributed by atoms with Crippen LogP contribution in [0.2, 0.25) is 0 Å². The van der Waals surface area contributed by atoms with Gasteiger partial charge in [0, 0.05) is 23.9 Å². The highest BCUT2D eigenvalue weighted by Crippen LogP contribution is 2.22. The maximum atomic E-state index is 13.6. The molecule has 0 radical (unpaired) electrons. The molecule has 0 spiro atoms. The molecule has 23 heavy (non-hydrogen) atoms. The summed E-state index contributed by atoms with van der Waals surface area (Å²) in [5.41, 5.74) is 1.34. The molecule has 3 aromatic rings. The van der Waals surface area contributed by atoms with Gasteiger partial charge in [0.15, 0.2) is 17.4 Å². The van der Waals surface area contributed by atoms with Crippen LogP contribution in [0.25, 0.3) is 5.52 Å². The van der Waals surface area contributed by atoms with Crippen LogP contribution in [0.5, 0.6) is 5.75 Å². The van der Waals surface area contributed by atoms with E-state index in [4.69, 9.17) is 0 Å². The lowest BCUT2D eigenvalue weighted by Gasteiger charge is -2.07. The van der Waals surface area contributed by atoms with Crippen LogP contribution in [0.4, 0.5) is 8.78 Å². The van der Waals surface area contributed by atoms with Crippen LogP contribution in [0.1, 0.15) is 15.9 Å². The van der Waals surface area contributed by atoms with Crippen molar-refractivity contribution in [2.45, 2.75) is 6.54 Å².